The predicted molar refractivity (Wildman–Crippen MR) is 74.9 cm³/mol. The minimum Gasteiger partial charge on any atom is -0.376 e. The van der Waals surface area contributed by atoms with Crippen molar-refractivity contribution in [2.45, 2.75) is 44.8 Å². The standard InChI is InChI=1S/C14H16N2O2S/c17-14-12-10-4-1-5-11(10)19-13(12)15-8-16(14)7-9-3-2-6-18-9/h8-9H,1-7H2/t9-/m0/s1. The molecule has 1 aliphatic heterocycles. The van der Waals surface area contributed by atoms with Crippen molar-refractivity contribution in [1.29, 1.82) is 0 Å². The molecule has 0 spiro atoms. The van der Waals surface area contributed by atoms with Crippen LogP contribution in [-0.4, -0.2) is 22.3 Å². The first-order valence-electron chi connectivity index (χ1n) is 6.94. The van der Waals surface area contributed by atoms with Gasteiger partial charge in [-0.15, -0.1) is 11.3 Å². The molecule has 0 aromatic carbocycles. The highest BCUT2D eigenvalue weighted by molar-refractivity contribution is 7.18. The maximum Gasteiger partial charge on any atom is 0.262 e. The van der Waals surface area contributed by atoms with Gasteiger partial charge in [-0.05, 0) is 37.7 Å². The van der Waals surface area contributed by atoms with Crippen LogP contribution in [0.2, 0.25) is 0 Å². The summed E-state index contributed by atoms with van der Waals surface area (Å²) in [7, 11) is 0. The third kappa shape index (κ3) is 1.83. The van der Waals surface area contributed by atoms with Crippen LogP contribution in [0.15, 0.2) is 11.1 Å². The lowest BCUT2D eigenvalue weighted by Gasteiger charge is -2.11. The molecule has 0 radical (unpaired) electrons. The molecule has 4 rings (SSSR count). The number of hydrogen-bond acceptors (Lipinski definition) is 4. The number of hydrogen-bond donors (Lipinski definition) is 0. The quantitative estimate of drug-likeness (QED) is 0.844. The van der Waals surface area contributed by atoms with E-state index < -0.39 is 0 Å². The first-order valence-corrected chi connectivity index (χ1v) is 7.76. The van der Waals surface area contributed by atoms with Crippen molar-refractivity contribution in [3.63, 3.8) is 0 Å². The second kappa shape index (κ2) is 4.42. The zero-order valence-electron chi connectivity index (χ0n) is 10.7. The summed E-state index contributed by atoms with van der Waals surface area (Å²) in [5, 5.41) is 0.873. The Balaban J connectivity index is 1.79. The summed E-state index contributed by atoms with van der Waals surface area (Å²) in [6.45, 7) is 1.47. The maximum absolute atomic E-state index is 12.6. The van der Waals surface area contributed by atoms with Gasteiger partial charge in [-0.25, -0.2) is 4.98 Å². The van der Waals surface area contributed by atoms with E-state index in [2.05, 4.69) is 4.98 Å². The van der Waals surface area contributed by atoms with Gasteiger partial charge in [-0.2, -0.15) is 0 Å². The molecule has 1 atom stereocenters. The van der Waals surface area contributed by atoms with Gasteiger partial charge in [0.2, 0.25) is 0 Å². The average molecular weight is 276 g/mol. The number of rotatable bonds is 2. The van der Waals surface area contributed by atoms with Crippen molar-refractivity contribution in [3.05, 3.63) is 27.1 Å². The zero-order chi connectivity index (χ0) is 12.8. The Morgan fingerprint density at radius 2 is 2.37 bits per heavy atom. The molecular weight excluding hydrogens is 260 g/mol. The Morgan fingerprint density at radius 3 is 3.21 bits per heavy atom. The van der Waals surface area contributed by atoms with Gasteiger partial charge in [0, 0.05) is 11.5 Å². The summed E-state index contributed by atoms with van der Waals surface area (Å²) in [5.41, 5.74) is 1.39. The summed E-state index contributed by atoms with van der Waals surface area (Å²) >= 11 is 1.70. The third-order valence-electron chi connectivity index (χ3n) is 4.12. The molecule has 0 bridgehead atoms. The summed E-state index contributed by atoms with van der Waals surface area (Å²) in [5.74, 6) is 0. The molecule has 19 heavy (non-hydrogen) atoms. The molecule has 100 valence electrons. The van der Waals surface area contributed by atoms with Gasteiger partial charge in [-0.1, -0.05) is 0 Å². The first kappa shape index (κ1) is 11.6. The number of thiophene rings is 1. The molecule has 4 nitrogen and oxygen atoms in total. The molecule has 0 saturated carbocycles. The molecule has 3 heterocycles. The van der Waals surface area contributed by atoms with Crippen LogP contribution in [0.25, 0.3) is 10.2 Å². The van der Waals surface area contributed by atoms with E-state index in [1.807, 2.05) is 0 Å². The minimum absolute atomic E-state index is 0.125. The Hall–Kier alpha value is -1.20. The highest BCUT2D eigenvalue weighted by Crippen LogP contribution is 2.34. The molecular formula is C14H16N2O2S. The lowest BCUT2D eigenvalue weighted by Crippen LogP contribution is -2.26. The van der Waals surface area contributed by atoms with Crippen LogP contribution in [0.5, 0.6) is 0 Å². The van der Waals surface area contributed by atoms with Gasteiger partial charge < -0.3 is 4.74 Å². The van der Waals surface area contributed by atoms with Gasteiger partial charge in [0.1, 0.15) is 4.83 Å². The van der Waals surface area contributed by atoms with E-state index in [0.29, 0.717) is 6.54 Å². The fraction of sp³-hybridized carbons (Fsp3) is 0.571. The fourth-order valence-electron chi connectivity index (χ4n) is 3.16. The van der Waals surface area contributed by atoms with Crippen LogP contribution >= 0.6 is 11.3 Å². The lowest BCUT2D eigenvalue weighted by molar-refractivity contribution is 0.0960. The lowest BCUT2D eigenvalue weighted by atomic mass is 10.2. The molecule has 0 N–H and O–H groups in total. The van der Waals surface area contributed by atoms with Gasteiger partial charge in [0.25, 0.3) is 5.56 Å². The smallest absolute Gasteiger partial charge is 0.262 e. The monoisotopic (exact) mass is 276 g/mol. The summed E-state index contributed by atoms with van der Waals surface area (Å²) < 4.78 is 7.35. The van der Waals surface area contributed by atoms with Gasteiger partial charge >= 0.3 is 0 Å². The van der Waals surface area contributed by atoms with E-state index in [9.17, 15) is 4.79 Å². The SMILES string of the molecule is O=c1c2c3c(sc2ncn1C[C@@H]1CCCO1)CCC3. The highest BCUT2D eigenvalue weighted by Gasteiger charge is 2.22. The number of ether oxygens (including phenoxy) is 1. The largest absolute Gasteiger partial charge is 0.376 e. The number of aromatic nitrogens is 2. The average Bonchev–Trinajstić information content (AvgIpc) is 3.08. The Morgan fingerprint density at radius 1 is 1.42 bits per heavy atom. The van der Waals surface area contributed by atoms with Crippen molar-refractivity contribution in [2.75, 3.05) is 6.61 Å². The molecule has 1 aliphatic carbocycles. The molecule has 1 saturated heterocycles. The first-order chi connectivity index (χ1) is 9.33. The van der Waals surface area contributed by atoms with Crippen LogP contribution in [-0.2, 0) is 24.1 Å². The Kier molecular flexibility index (Phi) is 2.70. The maximum atomic E-state index is 12.6. The predicted octanol–water partition coefficient (Wildman–Crippen LogP) is 2.13. The topological polar surface area (TPSA) is 44.1 Å². The van der Waals surface area contributed by atoms with E-state index in [1.165, 1.54) is 16.9 Å². The van der Waals surface area contributed by atoms with E-state index >= 15 is 0 Å². The Bertz CT molecular complexity index is 683. The molecule has 0 amide bonds. The summed E-state index contributed by atoms with van der Waals surface area (Å²) in [6, 6.07) is 0. The molecule has 0 unspecified atom stereocenters. The number of fused-ring (bicyclic) bond motifs is 3. The van der Waals surface area contributed by atoms with E-state index in [-0.39, 0.29) is 11.7 Å². The number of aryl methyl sites for hydroxylation is 2. The van der Waals surface area contributed by atoms with Gasteiger partial charge in [-0.3, -0.25) is 9.36 Å². The minimum atomic E-state index is 0.125. The van der Waals surface area contributed by atoms with Crippen molar-refractivity contribution in [1.82, 2.24) is 9.55 Å². The molecule has 2 aromatic heterocycles. The molecule has 5 heteroatoms. The van der Waals surface area contributed by atoms with E-state index in [1.54, 1.807) is 22.2 Å². The molecule has 2 aromatic rings. The van der Waals surface area contributed by atoms with E-state index in [0.717, 1.165) is 42.5 Å². The molecule has 1 fully saturated rings. The van der Waals surface area contributed by atoms with Crippen LogP contribution in [0, 0.1) is 0 Å². The van der Waals surface area contributed by atoms with Gasteiger partial charge in [0.05, 0.1) is 24.4 Å². The van der Waals surface area contributed by atoms with Crippen LogP contribution in [0.1, 0.15) is 29.7 Å². The van der Waals surface area contributed by atoms with E-state index in [4.69, 9.17) is 4.74 Å². The number of nitrogens with zero attached hydrogens (tertiary/aromatic N) is 2. The normalized spacial score (nSPS) is 22.2. The Labute approximate surface area is 115 Å². The zero-order valence-corrected chi connectivity index (χ0v) is 11.5. The van der Waals surface area contributed by atoms with Crippen LogP contribution < -0.4 is 5.56 Å². The fourth-order valence-corrected chi connectivity index (χ4v) is 4.38. The van der Waals surface area contributed by atoms with Crippen molar-refractivity contribution in [2.24, 2.45) is 0 Å². The third-order valence-corrected chi connectivity index (χ3v) is 5.32. The highest BCUT2D eigenvalue weighted by atomic mass is 32.1. The second-order valence-corrected chi connectivity index (χ2v) is 6.46. The second-order valence-electron chi connectivity index (χ2n) is 5.37. The molecule has 2 aliphatic rings. The van der Waals surface area contributed by atoms with Crippen molar-refractivity contribution < 1.29 is 4.74 Å². The summed E-state index contributed by atoms with van der Waals surface area (Å²) in [6.07, 6.45) is 7.35. The summed E-state index contributed by atoms with van der Waals surface area (Å²) in [4.78, 5) is 19.4. The van der Waals surface area contributed by atoms with Gasteiger partial charge in [0.15, 0.2) is 0 Å². The van der Waals surface area contributed by atoms with Crippen molar-refractivity contribution >= 4 is 21.6 Å². The van der Waals surface area contributed by atoms with Crippen molar-refractivity contribution in [3.8, 4) is 0 Å². The van der Waals surface area contributed by atoms with Crippen LogP contribution in [0.4, 0.5) is 0 Å². The van der Waals surface area contributed by atoms with Crippen LogP contribution in [0.3, 0.4) is 0 Å².